The summed E-state index contributed by atoms with van der Waals surface area (Å²) in [5, 5.41) is 0. The second-order valence-corrected chi connectivity index (χ2v) is 10.4. The molecule has 0 saturated carbocycles. The van der Waals surface area contributed by atoms with Crippen molar-refractivity contribution in [2.75, 3.05) is 0 Å². The van der Waals surface area contributed by atoms with Gasteiger partial charge in [0.2, 0.25) is 0 Å². The van der Waals surface area contributed by atoms with E-state index in [1.807, 2.05) is 0 Å². The molecule has 0 amide bonds. The number of hydrogen-bond acceptors (Lipinski definition) is 6. The van der Waals surface area contributed by atoms with E-state index in [2.05, 4.69) is 6.92 Å². The van der Waals surface area contributed by atoms with Crippen LogP contribution in [0.1, 0.15) is 70.3 Å². The van der Waals surface area contributed by atoms with Gasteiger partial charge in [-0.15, -0.1) is 0 Å². The van der Waals surface area contributed by atoms with E-state index in [-0.39, 0.29) is 70.2 Å². The van der Waals surface area contributed by atoms with Crippen LogP contribution in [0.15, 0.2) is 52.3 Å². The summed E-state index contributed by atoms with van der Waals surface area (Å²) in [4.78, 5) is -0.981. The zero-order valence-corrected chi connectivity index (χ0v) is 25.5. The van der Waals surface area contributed by atoms with Crippen LogP contribution in [0.3, 0.4) is 0 Å². The van der Waals surface area contributed by atoms with Crippen molar-refractivity contribution in [3.63, 3.8) is 0 Å². The Morgan fingerprint density at radius 2 is 1.15 bits per heavy atom. The first kappa shape index (κ1) is 33.3. The van der Waals surface area contributed by atoms with E-state index in [4.69, 9.17) is 0 Å². The monoisotopic (exact) mass is 512 g/mol. The first-order chi connectivity index (χ1) is 14.7. The molecule has 172 valence electrons. The molecule has 2 rings (SSSR count). The first-order valence-corrected chi connectivity index (χ1v) is 13.6. The minimum atomic E-state index is -4.88. The number of rotatable bonds is 13. The molecule has 0 radical (unpaired) electrons. The molecule has 0 aromatic heterocycles. The second-order valence-electron chi connectivity index (χ2n) is 7.78. The fraction of sp³-hybridized carbons (Fsp3) is 0.478. The van der Waals surface area contributed by atoms with E-state index in [0.717, 1.165) is 31.7 Å². The molecule has 0 aliphatic carbocycles. The topological polar surface area (TPSA) is 114 Å². The molecule has 0 aliphatic heterocycles. The molecule has 0 spiro atoms. The minimum Gasteiger partial charge on any atom is -0.744 e. The van der Waals surface area contributed by atoms with E-state index >= 15 is 0 Å². The molecule has 6 nitrogen and oxygen atoms in total. The summed E-state index contributed by atoms with van der Waals surface area (Å²) in [6.45, 7) is 2.18. The Kier molecular flexibility index (Phi) is 16.2. The van der Waals surface area contributed by atoms with Crippen LogP contribution in [-0.4, -0.2) is 25.9 Å². The predicted octanol–water partition coefficient (Wildman–Crippen LogP) is -0.757. The van der Waals surface area contributed by atoms with Crippen molar-refractivity contribution in [3.8, 4) is 11.1 Å². The third kappa shape index (κ3) is 10.8. The van der Waals surface area contributed by atoms with Crippen LogP contribution < -0.4 is 59.1 Å². The molecule has 0 heterocycles. The van der Waals surface area contributed by atoms with Crippen LogP contribution in [0.5, 0.6) is 0 Å². The van der Waals surface area contributed by atoms with Crippen LogP contribution in [0.2, 0.25) is 0 Å². The van der Waals surface area contributed by atoms with E-state index in [0.29, 0.717) is 12.0 Å². The van der Waals surface area contributed by atoms with E-state index in [9.17, 15) is 25.9 Å². The van der Waals surface area contributed by atoms with Crippen LogP contribution in [-0.2, 0) is 26.7 Å². The summed E-state index contributed by atoms with van der Waals surface area (Å²) >= 11 is 0. The van der Waals surface area contributed by atoms with Crippen LogP contribution in [0, 0.1) is 0 Å². The van der Waals surface area contributed by atoms with Gasteiger partial charge in [0.15, 0.2) is 0 Å². The molecule has 2 aromatic rings. The van der Waals surface area contributed by atoms with Crippen molar-refractivity contribution >= 4 is 20.2 Å². The van der Waals surface area contributed by atoms with Gasteiger partial charge < -0.3 is 9.11 Å². The standard InChI is InChI=1S/C23H32O6S2.2Na/c1-2-3-4-5-6-7-8-9-10-14-19-15-13-17-21(23(19)31(27,28)29)20-16-11-12-18-22(20)30(24,25)26;;/h11-13,15-18H,2-10,14H2,1H3,(H,24,25,26)(H,27,28,29);;/q;2*+1/p-2. The van der Waals surface area contributed by atoms with Crippen molar-refractivity contribution in [1.82, 2.24) is 0 Å². The maximum absolute atomic E-state index is 12.1. The third-order valence-electron chi connectivity index (χ3n) is 5.34. The summed E-state index contributed by atoms with van der Waals surface area (Å²) < 4.78 is 71.2. The molecule has 0 fully saturated rings. The van der Waals surface area contributed by atoms with Gasteiger partial charge in [0.1, 0.15) is 20.2 Å². The summed E-state index contributed by atoms with van der Waals surface area (Å²) in [5.74, 6) is 0. The molecular weight excluding hydrogens is 482 g/mol. The SMILES string of the molecule is CCCCCCCCCCCc1cccc(-c2ccccc2S(=O)(=O)[O-])c1S(=O)(=O)[O-].[Na+].[Na+]. The van der Waals surface area contributed by atoms with Gasteiger partial charge in [0, 0.05) is 11.1 Å². The molecule has 10 heteroatoms. The molecule has 2 aromatic carbocycles. The molecule has 0 atom stereocenters. The molecule has 0 saturated heterocycles. The fourth-order valence-corrected chi connectivity index (χ4v) is 5.45. The average Bonchev–Trinajstić information content (AvgIpc) is 2.71. The number of unbranched alkanes of at least 4 members (excludes halogenated alkanes) is 8. The molecule has 0 aliphatic rings. The molecular formula is C23H30Na2O6S2. The third-order valence-corrected chi connectivity index (χ3v) is 7.22. The summed E-state index contributed by atoms with van der Waals surface area (Å²) in [5.41, 5.74) is 0.243. The largest absolute Gasteiger partial charge is 1.00 e. The van der Waals surface area contributed by atoms with E-state index < -0.39 is 30.0 Å². The van der Waals surface area contributed by atoms with E-state index in [1.54, 1.807) is 12.1 Å². The summed E-state index contributed by atoms with van der Waals surface area (Å²) in [6.07, 6.45) is 10.4. The van der Waals surface area contributed by atoms with Crippen molar-refractivity contribution in [2.45, 2.75) is 80.9 Å². The van der Waals surface area contributed by atoms with Gasteiger partial charge in [-0.05, 0) is 24.5 Å². The van der Waals surface area contributed by atoms with Crippen LogP contribution in [0.4, 0.5) is 0 Å². The molecule has 0 N–H and O–H groups in total. The zero-order chi connectivity index (χ0) is 22.9. The van der Waals surface area contributed by atoms with Crippen molar-refractivity contribution in [2.24, 2.45) is 0 Å². The van der Waals surface area contributed by atoms with Gasteiger partial charge in [-0.2, -0.15) is 0 Å². The van der Waals surface area contributed by atoms with Crippen LogP contribution in [0.25, 0.3) is 11.1 Å². The average molecular weight is 513 g/mol. The van der Waals surface area contributed by atoms with Gasteiger partial charge in [-0.1, -0.05) is 94.7 Å². The van der Waals surface area contributed by atoms with E-state index in [1.165, 1.54) is 56.4 Å². The Morgan fingerprint density at radius 3 is 1.70 bits per heavy atom. The maximum Gasteiger partial charge on any atom is 1.00 e. The first-order valence-electron chi connectivity index (χ1n) is 10.8. The van der Waals surface area contributed by atoms with Gasteiger partial charge in [0.25, 0.3) is 0 Å². The Labute approximate surface area is 243 Å². The smallest absolute Gasteiger partial charge is 0.744 e. The zero-order valence-electron chi connectivity index (χ0n) is 19.9. The van der Waals surface area contributed by atoms with Crippen molar-refractivity contribution in [3.05, 3.63) is 48.0 Å². The quantitative estimate of drug-likeness (QED) is 0.198. The molecule has 33 heavy (non-hydrogen) atoms. The Hall–Kier alpha value is 0.260. The van der Waals surface area contributed by atoms with Crippen molar-refractivity contribution < 1.29 is 85.1 Å². The van der Waals surface area contributed by atoms with Gasteiger partial charge in [0.05, 0.1) is 9.79 Å². The normalized spacial score (nSPS) is 11.5. The number of hydrogen-bond donors (Lipinski definition) is 0. The minimum absolute atomic E-state index is 0. The summed E-state index contributed by atoms with van der Waals surface area (Å²) in [7, 11) is -9.72. The Morgan fingerprint density at radius 1 is 0.636 bits per heavy atom. The fourth-order valence-electron chi connectivity index (χ4n) is 3.82. The molecule has 0 unspecified atom stereocenters. The van der Waals surface area contributed by atoms with Gasteiger partial charge in [-0.3, -0.25) is 0 Å². The van der Waals surface area contributed by atoms with Gasteiger partial charge >= 0.3 is 59.1 Å². The van der Waals surface area contributed by atoms with Crippen molar-refractivity contribution in [1.29, 1.82) is 0 Å². The number of aryl methyl sites for hydroxylation is 1. The summed E-state index contributed by atoms with van der Waals surface area (Å²) in [6, 6.07) is 9.87. The Balaban J connectivity index is 0.00000512. The second kappa shape index (κ2) is 16.1. The maximum atomic E-state index is 12.1. The van der Waals surface area contributed by atoms with Gasteiger partial charge in [-0.25, -0.2) is 16.8 Å². The predicted molar refractivity (Wildman–Crippen MR) is 119 cm³/mol. The number of benzene rings is 2. The van der Waals surface area contributed by atoms with Crippen LogP contribution >= 0.6 is 0 Å². The Bertz CT molecular complexity index is 1070. The molecule has 0 bridgehead atoms.